The second-order valence-electron chi connectivity index (χ2n) is 7.08. The highest BCUT2D eigenvalue weighted by atomic mass is 16.6. The first kappa shape index (κ1) is 24.4. The Labute approximate surface area is 186 Å². The highest BCUT2D eigenvalue weighted by Gasteiger charge is 2.24. The van der Waals surface area contributed by atoms with E-state index in [1.807, 2.05) is 19.1 Å². The molecule has 1 amide bonds. The number of nitriles is 1. The van der Waals surface area contributed by atoms with Crippen molar-refractivity contribution in [1.82, 2.24) is 0 Å². The minimum Gasteiger partial charge on any atom is -0.491 e. The van der Waals surface area contributed by atoms with E-state index in [1.165, 1.54) is 0 Å². The van der Waals surface area contributed by atoms with Crippen LogP contribution in [0, 0.1) is 17.2 Å². The summed E-state index contributed by atoms with van der Waals surface area (Å²) in [6.07, 6.45) is 2.46. The fourth-order valence-electron chi connectivity index (χ4n) is 3.04. The first-order chi connectivity index (χ1) is 15.4. The van der Waals surface area contributed by atoms with Crippen LogP contribution >= 0.6 is 0 Å². The lowest BCUT2D eigenvalue weighted by Gasteiger charge is -2.25. The van der Waals surface area contributed by atoms with E-state index in [-0.39, 0.29) is 19.1 Å². The number of nitrogens with zero attached hydrogens (tertiary/aromatic N) is 1. The van der Waals surface area contributed by atoms with Gasteiger partial charge in [-0.15, -0.1) is 0 Å². The fourth-order valence-corrected chi connectivity index (χ4v) is 3.04. The van der Waals surface area contributed by atoms with Gasteiger partial charge in [0, 0.05) is 11.8 Å². The molecule has 0 spiro atoms. The SMILES string of the molecule is C[C@H](CC/C=C/C(=O)O)[C@@H](OC(=O)Nc1ccc(C#N)cc1)c1cccc(OCCO)c1. The van der Waals surface area contributed by atoms with E-state index in [0.717, 1.165) is 6.08 Å². The molecule has 8 heteroatoms. The summed E-state index contributed by atoms with van der Waals surface area (Å²) in [6, 6.07) is 15.5. The van der Waals surface area contributed by atoms with Crippen LogP contribution in [0.25, 0.3) is 0 Å². The lowest BCUT2D eigenvalue weighted by atomic mass is 9.93. The van der Waals surface area contributed by atoms with Gasteiger partial charge in [-0.1, -0.05) is 25.1 Å². The molecule has 0 aromatic heterocycles. The summed E-state index contributed by atoms with van der Waals surface area (Å²) in [4.78, 5) is 23.2. The molecular formula is C24H26N2O6. The van der Waals surface area contributed by atoms with E-state index in [2.05, 4.69) is 5.32 Å². The van der Waals surface area contributed by atoms with Crippen molar-refractivity contribution in [2.45, 2.75) is 25.9 Å². The van der Waals surface area contributed by atoms with E-state index in [0.29, 0.717) is 35.4 Å². The topological polar surface area (TPSA) is 129 Å². The number of allylic oxidation sites excluding steroid dienone is 1. The molecule has 2 aromatic rings. The van der Waals surface area contributed by atoms with Crippen LogP contribution in [0.2, 0.25) is 0 Å². The van der Waals surface area contributed by atoms with E-state index >= 15 is 0 Å². The highest BCUT2D eigenvalue weighted by Crippen LogP contribution is 2.32. The number of nitrogens with one attached hydrogen (secondary N) is 1. The summed E-state index contributed by atoms with van der Waals surface area (Å²) in [7, 11) is 0. The number of aliphatic hydroxyl groups is 1. The molecule has 168 valence electrons. The number of carbonyl (C=O) groups is 2. The molecule has 0 aliphatic rings. The van der Waals surface area contributed by atoms with Crippen molar-refractivity contribution in [2.24, 2.45) is 5.92 Å². The first-order valence-electron chi connectivity index (χ1n) is 10.1. The predicted octanol–water partition coefficient (Wildman–Crippen LogP) is 4.28. The fraction of sp³-hybridized carbons (Fsp3) is 0.292. The van der Waals surface area contributed by atoms with Gasteiger partial charge in [0.05, 0.1) is 18.2 Å². The molecular weight excluding hydrogens is 412 g/mol. The van der Waals surface area contributed by atoms with E-state index in [1.54, 1.807) is 48.5 Å². The zero-order chi connectivity index (χ0) is 23.3. The molecule has 32 heavy (non-hydrogen) atoms. The van der Waals surface area contributed by atoms with E-state index < -0.39 is 18.2 Å². The number of ether oxygens (including phenoxy) is 2. The number of carbonyl (C=O) groups excluding carboxylic acids is 1. The van der Waals surface area contributed by atoms with Gasteiger partial charge in [-0.3, -0.25) is 5.32 Å². The summed E-state index contributed by atoms with van der Waals surface area (Å²) in [6.45, 7) is 1.93. The van der Waals surface area contributed by atoms with Crippen molar-refractivity contribution >= 4 is 17.7 Å². The Morgan fingerprint density at radius 2 is 1.97 bits per heavy atom. The number of carboxylic acid groups (broad SMARTS) is 1. The second kappa shape index (κ2) is 12.8. The molecule has 0 aliphatic heterocycles. The summed E-state index contributed by atoms with van der Waals surface area (Å²) in [5.74, 6) is -0.607. The molecule has 0 bridgehead atoms. The minimum atomic E-state index is -1.01. The maximum atomic E-state index is 12.6. The standard InChI is InChI=1S/C24H26N2O6/c1-17(5-2-3-8-22(28)29)23(19-6-4-7-21(15-19)31-14-13-27)32-24(30)26-20-11-9-18(16-25)10-12-20/h3-4,6-12,15,17,23,27H,2,5,13-14H2,1H3,(H,26,30)(H,28,29)/b8-3+/t17-,23-/m1/s1. The summed E-state index contributed by atoms with van der Waals surface area (Å²) < 4.78 is 11.2. The molecule has 0 saturated carbocycles. The van der Waals surface area contributed by atoms with Crippen LogP contribution < -0.4 is 10.1 Å². The number of carboxylic acids is 1. The van der Waals surface area contributed by atoms with Gasteiger partial charge in [0.1, 0.15) is 18.5 Å². The van der Waals surface area contributed by atoms with Crippen molar-refractivity contribution < 1.29 is 29.3 Å². The van der Waals surface area contributed by atoms with Gasteiger partial charge in [-0.25, -0.2) is 9.59 Å². The Kier molecular flexibility index (Phi) is 9.75. The van der Waals surface area contributed by atoms with Crippen LogP contribution in [0.3, 0.4) is 0 Å². The quantitative estimate of drug-likeness (QED) is 0.447. The summed E-state index contributed by atoms with van der Waals surface area (Å²) >= 11 is 0. The Morgan fingerprint density at radius 3 is 2.62 bits per heavy atom. The monoisotopic (exact) mass is 438 g/mol. The number of aliphatic hydroxyl groups excluding tert-OH is 1. The zero-order valence-electron chi connectivity index (χ0n) is 17.7. The molecule has 0 heterocycles. The number of benzene rings is 2. The highest BCUT2D eigenvalue weighted by molar-refractivity contribution is 5.84. The minimum absolute atomic E-state index is 0.122. The van der Waals surface area contributed by atoms with Crippen molar-refractivity contribution in [2.75, 3.05) is 18.5 Å². The number of rotatable bonds is 11. The van der Waals surface area contributed by atoms with Crippen LogP contribution in [-0.4, -0.2) is 35.5 Å². The lowest BCUT2D eigenvalue weighted by Crippen LogP contribution is -2.22. The number of anilines is 1. The average molecular weight is 438 g/mol. The Bertz CT molecular complexity index is 965. The number of hydrogen-bond donors (Lipinski definition) is 3. The van der Waals surface area contributed by atoms with Gasteiger partial charge in [-0.2, -0.15) is 5.26 Å². The van der Waals surface area contributed by atoms with Gasteiger partial charge < -0.3 is 19.7 Å². The van der Waals surface area contributed by atoms with Gasteiger partial charge >= 0.3 is 12.1 Å². The van der Waals surface area contributed by atoms with Crippen molar-refractivity contribution in [1.29, 1.82) is 5.26 Å². The molecule has 0 radical (unpaired) electrons. The third kappa shape index (κ3) is 8.13. The van der Waals surface area contributed by atoms with E-state index in [9.17, 15) is 9.59 Å². The van der Waals surface area contributed by atoms with Crippen LogP contribution in [0.5, 0.6) is 5.75 Å². The van der Waals surface area contributed by atoms with Gasteiger partial charge in [0.25, 0.3) is 0 Å². The van der Waals surface area contributed by atoms with Crippen molar-refractivity contribution in [3.8, 4) is 11.8 Å². The molecule has 0 aliphatic carbocycles. The third-order valence-electron chi connectivity index (χ3n) is 4.61. The molecule has 2 atom stereocenters. The van der Waals surface area contributed by atoms with Crippen LogP contribution in [-0.2, 0) is 9.53 Å². The van der Waals surface area contributed by atoms with Crippen LogP contribution in [0.4, 0.5) is 10.5 Å². The zero-order valence-corrected chi connectivity index (χ0v) is 17.7. The number of aliphatic carboxylic acids is 1. The van der Waals surface area contributed by atoms with Crippen LogP contribution in [0.1, 0.15) is 37.0 Å². The summed E-state index contributed by atoms with van der Waals surface area (Å²) in [5.41, 5.74) is 1.68. The maximum Gasteiger partial charge on any atom is 0.412 e. The molecule has 0 fully saturated rings. The molecule has 2 rings (SSSR count). The molecule has 8 nitrogen and oxygen atoms in total. The largest absolute Gasteiger partial charge is 0.491 e. The van der Waals surface area contributed by atoms with Gasteiger partial charge in [0.2, 0.25) is 0 Å². The number of hydrogen-bond acceptors (Lipinski definition) is 6. The predicted molar refractivity (Wildman–Crippen MR) is 118 cm³/mol. The van der Waals surface area contributed by atoms with E-state index in [4.69, 9.17) is 24.9 Å². The molecule has 0 unspecified atom stereocenters. The Hall–Kier alpha value is -3.83. The molecule has 3 N–H and O–H groups in total. The second-order valence-corrected chi connectivity index (χ2v) is 7.08. The maximum absolute atomic E-state index is 12.6. The Balaban J connectivity index is 2.15. The smallest absolute Gasteiger partial charge is 0.412 e. The van der Waals surface area contributed by atoms with Crippen molar-refractivity contribution in [3.05, 3.63) is 71.8 Å². The Morgan fingerprint density at radius 1 is 1.22 bits per heavy atom. The molecule has 2 aromatic carbocycles. The van der Waals surface area contributed by atoms with Gasteiger partial charge in [-0.05, 0) is 60.7 Å². The number of amides is 1. The third-order valence-corrected chi connectivity index (χ3v) is 4.61. The first-order valence-corrected chi connectivity index (χ1v) is 10.1. The van der Waals surface area contributed by atoms with Gasteiger partial charge in [0.15, 0.2) is 0 Å². The average Bonchev–Trinajstić information content (AvgIpc) is 2.79. The normalized spacial score (nSPS) is 12.5. The summed E-state index contributed by atoms with van der Waals surface area (Å²) in [5, 5.41) is 29.3. The lowest BCUT2D eigenvalue weighted by molar-refractivity contribution is -0.131. The van der Waals surface area contributed by atoms with Crippen molar-refractivity contribution in [3.63, 3.8) is 0 Å². The van der Waals surface area contributed by atoms with Crippen LogP contribution in [0.15, 0.2) is 60.7 Å². The molecule has 0 saturated heterocycles.